The van der Waals surface area contributed by atoms with E-state index in [-0.39, 0.29) is 17.7 Å². The predicted molar refractivity (Wildman–Crippen MR) is 112 cm³/mol. The number of benzene rings is 1. The summed E-state index contributed by atoms with van der Waals surface area (Å²) >= 11 is 0. The van der Waals surface area contributed by atoms with Crippen LogP contribution in [0.25, 0.3) is 0 Å². The molecule has 0 unspecified atom stereocenters. The van der Waals surface area contributed by atoms with Crippen LogP contribution in [0.5, 0.6) is 0 Å². The Kier molecular flexibility index (Phi) is 7.71. The SMILES string of the molecule is COCCCNC(=O)c1cc(NC(=O)C2CCCC2)ccc1N1CCCCC1. The largest absolute Gasteiger partial charge is 0.385 e. The Labute approximate surface area is 168 Å². The number of nitrogens with one attached hydrogen (secondary N) is 2. The van der Waals surface area contributed by atoms with E-state index in [0.29, 0.717) is 24.4 Å². The minimum absolute atomic E-state index is 0.0784. The van der Waals surface area contributed by atoms with Crippen LogP contribution in [-0.4, -0.2) is 45.2 Å². The summed E-state index contributed by atoms with van der Waals surface area (Å²) in [6.07, 6.45) is 8.49. The highest BCUT2D eigenvalue weighted by atomic mass is 16.5. The van der Waals surface area contributed by atoms with E-state index in [0.717, 1.165) is 63.7 Å². The van der Waals surface area contributed by atoms with Crippen molar-refractivity contribution < 1.29 is 14.3 Å². The molecule has 2 fully saturated rings. The Hall–Kier alpha value is -2.08. The highest BCUT2D eigenvalue weighted by Crippen LogP contribution is 2.29. The second kappa shape index (κ2) is 10.5. The van der Waals surface area contributed by atoms with E-state index >= 15 is 0 Å². The quantitative estimate of drug-likeness (QED) is 0.669. The van der Waals surface area contributed by atoms with Crippen molar-refractivity contribution in [2.45, 2.75) is 51.4 Å². The van der Waals surface area contributed by atoms with Crippen LogP contribution in [0.4, 0.5) is 11.4 Å². The molecule has 0 radical (unpaired) electrons. The summed E-state index contributed by atoms with van der Waals surface area (Å²) in [6, 6.07) is 5.75. The van der Waals surface area contributed by atoms with Crippen LogP contribution in [0.2, 0.25) is 0 Å². The van der Waals surface area contributed by atoms with Crippen LogP contribution in [0.3, 0.4) is 0 Å². The number of carbonyl (C=O) groups excluding carboxylic acids is 2. The molecular formula is C22H33N3O3. The van der Waals surface area contributed by atoms with Crippen molar-refractivity contribution in [2.24, 2.45) is 5.92 Å². The van der Waals surface area contributed by atoms with Gasteiger partial charge in [0.15, 0.2) is 0 Å². The molecule has 6 heteroatoms. The second-order valence-corrected chi connectivity index (χ2v) is 7.85. The summed E-state index contributed by atoms with van der Waals surface area (Å²) < 4.78 is 5.05. The molecule has 6 nitrogen and oxygen atoms in total. The minimum Gasteiger partial charge on any atom is -0.385 e. The number of hydrogen-bond acceptors (Lipinski definition) is 4. The summed E-state index contributed by atoms with van der Waals surface area (Å²) in [4.78, 5) is 27.7. The van der Waals surface area contributed by atoms with Gasteiger partial charge < -0.3 is 20.3 Å². The molecule has 1 aliphatic heterocycles. The standard InChI is InChI=1S/C22H33N3O3/c1-28-15-7-12-23-22(27)19-16-18(24-21(26)17-8-3-4-9-17)10-11-20(19)25-13-5-2-6-14-25/h10-11,16-17H,2-9,12-15H2,1H3,(H,23,27)(H,24,26). The van der Waals surface area contributed by atoms with Crippen LogP contribution in [0.1, 0.15) is 61.7 Å². The third-order valence-corrected chi connectivity index (χ3v) is 5.74. The molecule has 0 bridgehead atoms. The normalized spacial score (nSPS) is 17.5. The maximum absolute atomic E-state index is 12.9. The molecule has 154 valence electrons. The van der Waals surface area contributed by atoms with Crippen LogP contribution in [0, 0.1) is 5.92 Å². The molecule has 0 atom stereocenters. The van der Waals surface area contributed by atoms with Gasteiger partial charge in [-0.1, -0.05) is 12.8 Å². The van der Waals surface area contributed by atoms with E-state index in [4.69, 9.17) is 4.74 Å². The van der Waals surface area contributed by atoms with Gasteiger partial charge in [-0.3, -0.25) is 9.59 Å². The lowest BCUT2D eigenvalue weighted by Gasteiger charge is -2.30. The van der Waals surface area contributed by atoms with E-state index in [2.05, 4.69) is 15.5 Å². The van der Waals surface area contributed by atoms with Gasteiger partial charge in [-0.15, -0.1) is 0 Å². The zero-order valence-electron chi connectivity index (χ0n) is 17.0. The van der Waals surface area contributed by atoms with Crippen molar-refractivity contribution in [3.63, 3.8) is 0 Å². The van der Waals surface area contributed by atoms with Gasteiger partial charge in [-0.2, -0.15) is 0 Å². The van der Waals surface area contributed by atoms with E-state index in [1.807, 2.05) is 18.2 Å². The molecule has 1 saturated carbocycles. The number of ether oxygens (including phenoxy) is 1. The zero-order valence-corrected chi connectivity index (χ0v) is 17.0. The third-order valence-electron chi connectivity index (χ3n) is 5.74. The van der Waals surface area contributed by atoms with Crippen LogP contribution < -0.4 is 15.5 Å². The molecule has 2 amide bonds. The maximum atomic E-state index is 12.9. The average Bonchev–Trinajstić information content (AvgIpc) is 3.27. The number of nitrogens with zero attached hydrogens (tertiary/aromatic N) is 1. The molecule has 1 aromatic carbocycles. The number of anilines is 2. The predicted octanol–water partition coefficient (Wildman–Crippen LogP) is 3.57. The summed E-state index contributed by atoms with van der Waals surface area (Å²) in [5.74, 6) is 0.0939. The molecule has 28 heavy (non-hydrogen) atoms. The molecule has 0 spiro atoms. The monoisotopic (exact) mass is 387 g/mol. The van der Waals surface area contributed by atoms with E-state index in [1.165, 1.54) is 6.42 Å². The zero-order chi connectivity index (χ0) is 19.8. The van der Waals surface area contributed by atoms with Gasteiger partial charge >= 0.3 is 0 Å². The Balaban J connectivity index is 1.75. The smallest absolute Gasteiger partial charge is 0.253 e. The van der Waals surface area contributed by atoms with Gasteiger partial charge in [-0.25, -0.2) is 0 Å². The summed E-state index contributed by atoms with van der Waals surface area (Å²) in [5.41, 5.74) is 2.31. The third kappa shape index (κ3) is 5.47. The van der Waals surface area contributed by atoms with E-state index in [1.54, 1.807) is 7.11 Å². The van der Waals surface area contributed by atoms with Crippen molar-refractivity contribution >= 4 is 23.2 Å². The van der Waals surface area contributed by atoms with Gasteiger partial charge in [0.1, 0.15) is 0 Å². The lowest BCUT2D eigenvalue weighted by molar-refractivity contribution is -0.119. The number of carbonyl (C=O) groups is 2. The van der Waals surface area contributed by atoms with E-state index < -0.39 is 0 Å². The van der Waals surface area contributed by atoms with Crippen LogP contribution in [-0.2, 0) is 9.53 Å². The molecule has 1 aromatic rings. The van der Waals surface area contributed by atoms with Crippen LogP contribution in [0.15, 0.2) is 18.2 Å². The number of hydrogen-bond donors (Lipinski definition) is 2. The fourth-order valence-electron chi connectivity index (χ4n) is 4.15. The van der Waals surface area contributed by atoms with Crippen molar-refractivity contribution in [3.8, 4) is 0 Å². The summed E-state index contributed by atoms with van der Waals surface area (Å²) in [7, 11) is 1.66. The lowest BCUT2D eigenvalue weighted by Crippen LogP contribution is -2.33. The fourth-order valence-corrected chi connectivity index (χ4v) is 4.15. The highest BCUT2D eigenvalue weighted by molar-refractivity contribution is 6.02. The molecule has 2 N–H and O–H groups in total. The maximum Gasteiger partial charge on any atom is 0.253 e. The van der Waals surface area contributed by atoms with Gasteiger partial charge in [-0.05, 0) is 56.7 Å². The van der Waals surface area contributed by atoms with E-state index in [9.17, 15) is 9.59 Å². The number of rotatable bonds is 8. The molecule has 1 heterocycles. The Morgan fingerprint density at radius 1 is 1.11 bits per heavy atom. The minimum atomic E-state index is -0.0892. The first-order valence-electron chi connectivity index (χ1n) is 10.7. The van der Waals surface area contributed by atoms with Gasteiger partial charge in [0, 0.05) is 50.6 Å². The van der Waals surface area contributed by atoms with Gasteiger partial charge in [0.2, 0.25) is 5.91 Å². The summed E-state index contributed by atoms with van der Waals surface area (Å²) in [5, 5.41) is 6.02. The molecule has 1 saturated heterocycles. The second-order valence-electron chi connectivity index (χ2n) is 7.85. The first-order chi connectivity index (χ1) is 13.7. The van der Waals surface area contributed by atoms with Crippen molar-refractivity contribution in [1.29, 1.82) is 0 Å². The first kappa shape index (κ1) is 20.6. The van der Waals surface area contributed by atoms with Gasteiger partial charge in [0.05, 0.1) is 5.56 Å². The molecule has 0 aromatic heterocycles. The lowest BCUT2D eigenvalue weighted by atomic mass is 10.0. The number of piperidine rings is 1. The van der Waals surface area contributed by atoms with Crippen molar-refractivity contribution in [3.05, 3.63) is 23.8 Å². The van der Waals surface area contributed by atoms with Gasteiger partial charge in [0.25, 0.3) is 5.91 Å². The molecule has 1 aliphatic carbocycles. The molecule has 3 rings (SSSR count). The highest BCUT2D eigenvalue weighted by Gasteiger charge is 2.24. The number of methoxy groups -OCH3 is 1. The molecular weight excluding hydrogens is 354 g/mol. The Morgan fingerprint density at radius 2 is 1.86 bits per heavy atom. The van der Waals surface area contributed by atoms with Crippen molar-refractivity contribution in [1.82, 2.24) is 5.32 Å². The first-order valence-corrected chi connectivity index (χ1v) is 10.7. The average molecular weight is 388 g/mol. The fraction of sp³-hybridized carbons (Fsp3) is 0.636. The topological polar surface area (TPSA) is 70.7 Å². The number of amides is 2. The molecule has 2 aliphatic rings. The van der Waals surface area contributed by atoms with Crippen molar-refractivity contribution in [2.75, 3.05) is 43.6 Å². The summed E-state index contributed by atoms with van der Waals surface area (Å²) in [6.45, 7) is 3.14. The Bertz CT molecular complexity index is 665. The van der Waals surface area contributed by atoms with Crippen LogP contribution >= 0.6 is 0 Å². The Morgan fingerprint density at radius 3 is 2.57 bits per heavy atom.